The van der Waals surface area contributed by atoms with Gasteiger partial charge in [-0.15, -0.1) is 0 Å². The van der Waals surface area contributed by atoms with Crippen LogP contribution in [0, 0.1) is 0 Å². The average molecular weight is 483 g/mol. The van der Waals surface area contributed by atoms with Gasteiger partial charge in [-0.25, -0.2) is 15.0 Å². The van der Waals surface area contributed by atoms with Gasteiger partial charge in [0, 0.05) is 11.6 Å². The fourth-order valence-electron chi connectivity index (χ4n) is 4.59. The van der Waals surface area contributed by atoms with E-state index in [-0.39, 0.29) is 5.56 Å². The van der Waals surface area contributed by atoms with Crippen LogP contribution in [0.15, 0.2) is 76.4 Å². The fraction of sp³-hybridized carbons (Fsp3) is 0.222. The predicted molar refractivity (Wildman–Crippen MR) is 140 cm³/mol. The summed E-state index contributed by atoms with van der Waals surface area (Å²) in [5.41, 5.74) is 5.08. The number of aromatic nitrogens is 5. The van der Waals surface area contributed by atoms with Crippen molar-refractivity contribution in [3.8, 4) is 0 Å². The van der Waals surface area contributed by atoms with Crippen LogP contribution in [-0.2, 0) is 6.54 Å². The first-order valence-corrected chi connectivity index (χ1v) is 12.2. The Hall–Kier alpha value is -3.84. The van der Waals surface area contributed by atoms with Crippen LogP contribution in [0.5, 0.6) is 0 Å². The maximum Gasteiger partial charge on any atom is 0.265 e. The molecule has 8 heteroatoms. The molecule has 1 aliphatic carbocycles. The number of rotatable bonds is 5. The molecule has 3 heterocycles. The van der Waals surface area contributed by atoms with E-state index in [1.165, 1.54) is 18.4 Å². The molecule has 0 aliphatic heterocycles. The van der Waals surface area contributed by atoms with E-state index in [4.69, 9.17) is 21.6 Å². The molecule has 174 valence electrons. The molecule has 7 nitrogen and oxygen atoms in total. The van der Waals surface area contributed by atoms with Crippen molar-refractivity contribution in [3.05, 3.63) is 87.4 Å². The van der Waals surface area contributed by atoms with Gasteiger partial charge in [-0.1, -0.05) is 47.5 Å². The molecular formula is C27H23ClN6O. The number of fused-ring (bicyclic) bond motifs is 4. The second kappa shape index (κ2) is 9.07. The highest BCUT2D eigenvalue weighted by Crippen LogP contribution is 2.25. The highest BCUT2D eigenvalue weighted by molar-refractivity contribution is 6.30. The van der Waals surface area contributed by atoms with Crippen molar-refractivity contribution in [1.29, 1.82) is 0 Å². The lowest BCUT2D eigenvalue weighted by molar-refractivity contribution is 0.610. The standard InChI is InChI=1S/C27H23ClN6O/c28-20-12-10-19(11-13-20)16-30-34-25-23(24-26(34)32-22-9-5-4-8-21(22)31-24)27(35)33(17-29-25)15-14-18-6-2-1-3-7-18/h4-6,8-13,16-17H,1-3,7,14-15H2. The highest BCUT2D eigenvalue weighted by Gasteiger charge is 2.20. The molecule has 0 atom stereocenters. The Morgan fingerprint density at radius 2 is 1.80 bits per heavy atom. The van der Waals surface area contributed by atoms with Crippen LogP contribution in [0.1, 0.15) is 37.7 Å². The lowest BCUT2D eigenvalue weighted by Crippen LogP contribution is -2.21. The molecule has 0 amide bonds. The molecule has 2 aromatic carbocycles. The summed E-state index contributed by atoms with van der Waals surface area (Å²) in [6.07, 6.45) is 11.2. The third-order valence-corrected chi connectivity index (χ3v) is 6.71. The predicted octanol–water partition coefficient (Wildman–Crippen LogP) is 5.72. The molecule has 5 aromatic rings. The normalized spacial score (nSPS) is 14.4. The second-order valence-corrected chi connectivity index (χ2v) is 9.23. The van der Waals surface area contributed by atoms with Gasteiger partial charge in [-0.05, 0) is 61.9 Å². The van der Waals surface area contributed by atoms with Crippen LogP contribution in [0.25, 0.3) is 33.2 Å². The van der Waals surface area contributed by atoms with E-state index in [1.807, 2.05) is 36.4 Å². The second-order valence-electron chi connectivity index (χ2n) is 8.79. The number of hydrogen-bond acceptors (Lipinski definition) is 5. The number of allylic oxidation sites excluding steroid dienone is 2. The number of aryl methyl sites for hydroxylation is 1. The fourth-order valence-corrected chi connectivity index (χ4v) is 4.72. The highest BCUT2D eigenvalue weighted by atomic mass is 35.5. The van der Waals surface area contributed by atoms with Crippen LogP contribution in [0.2, 0.25) is 5.02 Å². The van der Waals surface area contributed by atoms with E-state index in [9.17, 15) is 4.79 Å². The number of benzene rings is 2. The zero-order valence-corrected chi connectivity index (χ0v) is 19.8. The van der Waals surface area contributed by atoms with E-state index >= 15 is 0 Å². The van der Waals surface area contributed by atoms with Gasteiger partial charge < -0.3 is 0 Å². The molecule has 0 saturated carbocycles. The Labute approximate surface area is 206 Å². The third-order valence-electron chi connectivity index (χ3n) is 6.46. The molecular weight excluding hydrogens is 460 g/mol. The van der Waals surface area contributed by atoms with E-state index in [2.05, 4.69) is 16.2 Å². The Balaban J connectivity index is 1.51. The minimum atomic E-state index is -0.124. The number of halogens is 1. The van der Waals surface area contributed by atoms with Crippen molar-refractivity contribution in [1.82, 2.24) is 24.2 Å². The van der Waals surface area contributed by atoms with Gasteiger partial charge in [0.15, 0.2) is 11.3 Å². The minimum absolute atomic E-state index is 0.124. The summed E-state index contributed by atoms with van der Waals surface area (Å²) in [7, 11) is 0. The van der Waals surface area contributed by atoms with Crippen molar-refractivity contribution in [3.63, 3.8) is 0 Å². The molecule has 6 rings (SSSR count). The zero-order valence-electron chi connectivity index (χ0n) is 19.1. The summed E-state index contributed by atoms with van der Waals surface area (Å²) in [5, 5.41) is 5.74. The van der Waals surface area contributed by atoms with Gasteiger partial charge in [0.05, 0.1) is 23.6 Å². The Bertz CT molecular complexity index is 1680. The molecule has 0 spiro atoms. The van der Waals surface area contributed by atoms with Crippen LogP contribution < -0.4 is 5.56 Å². The van der Waals surface area contributed by atoms with Crippen LogP contribution in [0.4, 0.5) is 0 Å². The van der Waals surface area contributed by atoms with Crippen LogP contribution in [0.3, 0.4) is 0 Å². The molecule has 0 N–H and O–H groups in total. The summed E-state index contributed by atoms with van der Waals surface area (Å²) < 4.78 is 3.29. The number of nitrogens with zero attached hydrogens (tertiary/aromatic N) is 6. The third kappa shape index (κ3) is 4.12. The molecule has 0 unspecified atom stereocenters. The van der Waals surface area contributed by atoms with Crippen molar-refractivity contribution in [2.24, 2.45) is 5.10 Å². The number of para-hydroxylation sites is 2. The van der Waals surface area contributed by atoms with E-state index in [0.717, 1.165) is 35.9 Å². The van der Waals surface area contributed by atoms with E-state index < -0.39 is 0 Å². The lowest BCUT2D eigenvalue weighted by atomic mass is 9.97. The summed E-state index contributed by atoms with van der Waals surface area (Å²) in [4.78, 5) is 27.9. The van der Waals surface area contributed by atoms with Gasteiger partial charge >= 0.3 is 0 Å². The largest absolute Gasteiger partial charge is 0.298 e. The first-order chi connectivity index (χ1) is 17.2. The quantitative estimate of drug-likeness (QED) is 0.237. The Kier molecular flexibility index (Phi) is 5.62. The van der Waals surface area contributed by atoms with E-state index in [0.29, 0.717) is 33.8 Å². The SMILES string of the molecule is O=c1c2c3nc4ccccc4nc3n(N=Cc3ccc(Cl)cc3)c2ncn1CCC1=CCCCC1. The topological polar surface area (TPSA) is 78.0 Å². The van der Waals surface area contributed by atoms with Crippen LogP contribution in [-0.4, -0.2) is 30.4 Å². The van der Waals surface area contributed by atoms with E-state index in [1.54, 1.807) is 33.9 Å². The van der Waals surface area contributed by atoms with Crippen molar-refractivity contribution >= 4 is 51.0 Å². The lowest BCUT2D eigenvalue weighted by Gasteiger charge is -2.13. The average Bonchev–Trinajstić information content (AvgIpc) is 3.20. The number of hydrogen-bond donors (Lipinski definition) is 0. The van der Waals surface area contributed by atoms with Gasteiger partial charge in [0.25, 0.3) is 5.56 Å². The van der Waals surface area contributed by atoms with Crippen LogP contribution >= 0.6 is 11.6 Å². The molecule has 0 fully saturated rings. The van der Waals surface area contributed by atoms with Crippen molar-refractivity contribution in [2.45, 2.75) is 38.6 Å². The maximum absolute atomic E-state index is 13.6. The van der Waals surface area contributed by atoms with Gasteiger partial charge in [-0.2, -0.15) is 9.78 Å². The summed E-state index contributed by atoms with van der Waals surface area (Å²) in [6.45, 7) is 0.593. The molecule has 0 radical (unpaired) electrons. The Morgan fingerprint density at radius 1 is 1.00 bits per heavy atom. The first-order valence-electron chi connectivity index (χ1n) is 11.8. The first kappa shape index (κ1) is 21.7. The van der Waals surface area contributed by atoms with Gasteiger partial charge in [0.2, 0.25) is 0 Å². The molecule has 0 saturated heterocycles. The monoisotopic (exact) mass is 482 g/mol. The minimum Gasteiger partial charge on any atom is -0.298 e. The molecule has 35 heavy (non-hydrogen) atoms. The van der Waals surface area contributed by atoms with Gasteiger partial charge in [0.1, 0.15) is 10.9 Å². The Morgan fingerprint density at radius 3 is 2.57 bits per heavy atom. The maximum atomic E-state index is 13.6. The summed E-state index contributed by atoms with van der Waals surface area (Å²) in [6, 6.07) is 15.0. The summed E-state index contributed by atoms with van der Waals surface area (Å²) >= 11 is 6.01. The summed E-state index contributed by atoms with van der Waals surface area (Å²) in [5.74, 6) is 0. The van der Waals surface area contributed by atoms with Gasteiger partial charge in [-0.3, -0.25) is 9.36 Å². The molecule has 1 aliphatic rings. The van der Waals surface area contributed by atoms with Crippen molar-refractivity contribution < 1.29 is 0 Å². The molecule has 3 aromatic heterocycles. The van der Waals surface area contributed by atoms with Crippen molar-refractivity contribution in [2.75, 3.05) is 0 Å². The zero-order chi connectivity index (χ0) is 23.8. The smallest absolute Gasteiger partial charge is 0.265 e. The molecule has 0 bridgehead atoms.